The number of nitrogens with one attached hydrogen (secondary N) is 1. The van der Waals surface area contributed by atoms with Crippen LogP contribution < -0.4 is 5.32 Å². The summed E-state index contributed by atoms with van der Waals surface area (Å²) in [7, 11) is -3.80. The van der Waals surface area contributed by atoms with Crippen molar-refractivity contribution in [3.8, 4) is 6.07 Å². The van der Waals surface area contributed by atoms with E-state index >= 15 is 0 Å². The van der Waals surface area contributed by atoms with Crippen LogP contribution in [0.25, 0.3) is 0 Å². The molecular formula is C21H22N4O4S. The van der Waals surface area contributed by atoms with Crippen LogP contribution in [0.15, 0.2) is 59.5 Å². The zero-order valence-electron chi connectivity index (χ0n) is 16.3. The van der Waals surface area contributed by atoms with E-state index in [1.54, 1.807) is 41.3 Å². The van der Waals surface area contributed by atoms with Crippen molar-refractivity contribution in [2.45, 2.75) is 11.3 Å². The maximum atomic E-state index is 12.8. The molecule has 0 aromatic heterocycles. The van der Waals surface area contributed by atoms with E-state index in [2.05, 4.69) is 5.32 Å². The number of benzene rings is 2. The van der Waals surface area contributed by atoms with Gasteiger partial charge in [-0.1, -0.05) is 30.3 Å². The lowest BCUT2D eigenvalue weighted by Gasteiger charge is -2.34. The molecule has 8 nitrogen and oxygen atoms in total. The number of nitrogens with zero attached hydrogens (tertiary/aromatic N) is 3. The molecule has 1 saturated heterocycles. The molecular weight excluding hydrogens is 404 g/mol. The minimum Gasteiger partial charge on any atom is -0.352 e. The third-order valence-electron chi connectivity index (χ3n) is 4.88. The van der Waals surface area contributed by atoms with Crippen LogP contribution in [0.1, 0.15) is 22.3 Å². The highest BCUT2D eigenvalue weighted by atomic mass is 32.2. The van der Waals surface area contributed by atoms with E-state index in [0.717, 1.165) is 0 Å². The summed E-state index contributed by atoms with van der Waals surface area (Å²) in [6.45, 7) is 1.05. The first-order valence-corrected chi connectivity index (χ1v) is 11.0. The molecule has 156 valence electrons. The highest BCUT2D eigenvalue weighted by Gasteiger charge is 2.31. The van der Waals surface area contributed by atoms with Crippen molar-refractivity contribution in [2.75, 3.05) is 32.7 Å². The monoisotopic (exact) mass is 426 g/mol. The van der Waals surface area contributed by atoms with Gasteiger partial charge in [-0.05, 0) is 24.3 Å². The molecule has 9 heteroatoms. The molecule has 2 aromatic rings. The third kappa shape index (κ3) is 4.84. The third-order valence-corrected chi connectivity index (χ3v) is 6.83. The van der Waals surface area contributed by atoms with Gasteiger partial charge in [-0.15, -0.1) is 0 Å². The maximum Gasteiger partial charge on any atom is 0.251 e. The Kier molecular flexibility index (Phi) is 6.82. The van der Waals surface area contributed by atoms with Gasteiger partial charge in [0.15, 0.2) is 0 Å². The van der Waals surface area contributed by atoms with Gasteiger partial charge in [-0.2, -0.15) is 9.57 Å². The second-order valence-electron chi connectivity index (χ2n) is 6.76. The van der Waals surface area contributed by atoms with Crippen LogP contribution in [0, 0.1) is 11.3 Å². The van der Waals surface area contributed by atoms with Crippen LogP contribution in [0.3, 0.4) is 0 Å². The number of nitriles is 1. The molecule has 2 amide bonds. The minimum absolute atomic E-state index is 0.0177. The molecule has 1 heterocycles. The van der Waals surface area contributed by atoms with Crippen LogP contribution in [0.5, 0.6) is 0 Å². The first-order valence-electron chi connectivity index (χ1n) is 9.54. The van der Waals surface area contributed by atoms with E-state index in [4.69, 9.17) is 0 Å². The van der Waals surface area contributed by atoms with Gasteiger partial charge < -0.3 is 10.2 Å². The average molecular weight is 426 g/mol. The summed E-state index contributed by atoms with van der Waals surface area (Å²) >= 11 is 0. The van der Waals surface area contributed by atoms with Gasteiger partial charge >= 0.3 is 0 Å². The largest absolute Gasteiger partial charge is 0.352 e. The fraction of sp³-hybridized carbons (Fsp3) is 0.286. The summed E-state index contributed by atoms with van der Waals surface area (Å²) < 4.78 is 27.0. The molecule has 1 fully saturated rings. The normalized spacial score (nSPS) is 14.7. The number of sulfonamides is 1. The minimum atomic E-state index is -3.80. The standard InChI is InChI=1S/C21H22N4O4S/c22-16-18-8-4-5-9-19(18)30(28,29)25-14-12-24(13-15-25)20(26)10-11-23-21(27)17-6-2-1-3-7-17/h1-9H,10-15H2,(H,23,27). The summed E-state index contributed by atoms with van der Waals surface area (Å²) in [6, 6.07) is 16.7. The predicted molar refractivity (Wildman–Crippen MR) is 110 cm³/mol. The molecule has 30 heavy (non-hydrogen) atoms. The van der Waals surface area contributed by atoms with Crippen LogP contribution in [-0.4, -0.2) is 62.2 Å². The molecule has 2 aromatic carbocycles. The van der Waals surface area contributed by atoms with E-state index in [-0.39, 0.29) is 61.4 Å². The van der Waals surface area contributed by atoms with E-state index in [9.17, 15) is 23.3 Å². The van der Waals surface area contributed by atoms with Gasteiger partial charge in [-0.25, -0.2) is 8.42 Å². The Bertz CT molecular complexity index is 1060. The molecule has 3 rings (SSSR count). The quantitative estimate of drug-likeness (QED) is 0.747. The van der Waals surface area contributed by atoms with E-state index in [0.29, 0.717) is 5.56 Å². The number of carbonyl (C=O) groups is 2. The molecule has 0 spiro atoms. The molecule has 0 bridgehead atoms. The number of hydrogen-bond donors (Lipinski definition) is 1. The Morgan fingerprint density at radius 3 is 2.27 bits per heavy atom. The van der Waals surface area contributed by atoms with Crippen molar-refractivity contribution in [1.29, 1.82) is 5.26 Å². The Balaban J connectivity index is 1.51. The predicted octanol–water partition coefficient (Wildman–Crippen LogP) is 1.21. The zero-order valence-corrected chi connectivity index (χ0v) is 17.1. The topological polar surface area (TPSA) is 111 Å². The van der Waals surface area contributed by atoms with Crippen LogP contribution in [0.4, 0.5) is 0 Å². The fourth-order valence-electron chi connectivity index (χ4n) is 3.23. The first-order chi connectivity index (χ1) is 14.4. The Hall–Kier alpha value is -3.22. The molecule has 0 aliphatic carbocycles. The van der Waals surface area contributed by atoms with Gasteiger partial charge in [0, 0.05) is 44.7 Å². The van der Waals surface area contributed by atoms with E-state index in [1.807, 2.05) is 12.1 Å². The molecule has 1 N–H and O–H groups in total. The number of rotatable bonds is 6. The average Bonchev–Trinajstić information content (AvgIpc) is 2.79. The second kappa shape index (κ2) is 9.52. The van der Waals surface area contributed by atoms with E-state index in [1.165, 1.54) is 16.4 Å². The molecule has 0 radical (unpaired) electrons. The van der Waals surface area contributed by atoms with Crippen LogP contribution >= 0.6 is 0 Å². The molecule has 1 aliphatic heterocycles. The van der Waals surface area contributed by atoms with Gasteiger partial charge in [0.25, 0.3) is 5.91 Å². The zero-order chi connectivity index (χ0) is 21.6. The van der Waals surface area contributed by atoms with Gasteiger partial charge in [0.05, 0.1) is 10.5 Å². The number of carbonyl (C=O) groups excluding carboxylic acids is 2. The maximum absolute atomic E-state index is 12.8. The molecule has 1 aliphatic rings. The summed E-state index contributed by atoms with van der Waals surface area (Å²) in [5.74, 6) is -0.381. The second-order valence-corrected chi connectivity index (χ2v) is 8.67. The summed E-state index contributed by atoms with van der Waals surface area (Å²) in [6.07, 6.45) is 0.141. The lowest BCUT2D eigenvalue weighted by molar-refractivity contribution is -0.132. The van der Waals surface area contributed by atoms with Gasteiger partial charge in [0.2, 0.25) is 15.9 Å². The lowest BCUT2D eigenvalue weighted by Crippen LogP contribution is -2.51. The van der Waals surface area contributed by atoms with Gasteiger partial charge in [-0.3, -0.25) is 9.59 Å². The molecule has 0 atom stereocenters. The molecule has 0 unspecified atom stereocenters. The van der Waals surface area contributed by atoms with Crippen LogP contribution in [0.2, 0.25) is 0 Å². The number of amides is 2. The Morgan fingerprint density at radius 2 is 1.60 bits per heavy atom. The SMILES string of the molecule is N#Cc1ccccc1S(=O)(=O)N1CCN(C(=O)CCNC(=O)c2ccccc2)CC1. The Morgan fingerprint density at radius 1 is 0.967 bits per heavy atom. The highest BCUT2D eigenvalue weighted by molar-refractivity contribution is 7.89. The van der Waals surface area contributed by atoms with Crippen molar-refractivity contribution >= 4 is 21.8 Å². The van der Waals surface area contributed by atoms with Gasteiger partial charge in [0.1, 0.15) is 6.07 Å². The van der Waals surface area contributed by atoms with Crippen molar-refractivity contribution in [3.05, 3.63) is 65.7 Å². The number of hydrogen-bond acceptors (Lipinski definition) is 5. The van der Waals surface area contributed by atoms with E-state index < -0.39 is 10.0 Å². The van der Waals surface area contributed by atoms with Crippen molar-refractivity contribution in [2.24, 2.45) is 0 Å². The number of piperazine rings is 1. The smallest absolute Gasteiger partial charge is 0.251 e. The summed E-state index contributed by atoms with van der Waals surface area (Å²) in [5.41, 5.74) is 0.631. The first kappa shape index (κ1) is 21.5. The van der Waals surface area contributed by atoms with Crippen molar-refractivity contribution in [3.63, 3.8) is 0 Å². The summed E-state index contributed by atoms with van der Waals surface area (Å²) in [5, 5.41) is 11.9. The highest BCUT2D eigenvalue weighted by Crippen LogP contribution is 2.21. The van der Waals surface area contributed by atoms with Crippen molar-refractivity contribution < 1.29 is 18.0 Å². The fourth-order valence-corrected chi connectivity index (χ4v) is 4.80. The Labute approximate surface area is 175 Å². The lowest BCUT2D eigenvalue weighted by atomic mass is 10.2. The van der Waals surface area contributed by atoms with Crippen LogP contribution in [-0.2, 0) is 14.8 Å². The summed E-state index contributed by atoms with van der Waals surface area (Å²) in [4.78, 5) is 26.0. The van der Waals surface area contributed by atoms with Crippen molar-refractivity contribution in [1.82, 2.24) is 14.5 Å². The molecule has 0 saturated carbocycles.